The van der Waals surface area contributed by atoms with Crippen LogP contribution in [0.15, 0.2) is 18.2 Å². The zero-order valence-corrected chi connectivity index (χ0v) is 9.67. The van der Waals surface area contributed by atoms with Crippen LogP contribution in [-0.4, -0.2) is 22.6 Å². The van der Waals surface area contributed by atoms with E-state index in [4.69, 9.17) is 5.11 Å². The number of alkyl halides is 2. The van der Waals surface area contributed by atoms with Gasteiger partial charge >= 0.3 is 12.6 Å². The van der Waals surface area contributed by atoms with Gasteiger partial charge in [0.05, 0.1) is 11.0 Å². The highest BCUT2D eigenvalue weighted by Crippen LogP contribution is 2.30. The normalized spacial score (nSPS) is 10.9. The maximum absolute atomic E-state index is 12.2. The quantitative estimate of drug-likeness (QED) is 0.506. The highest BCUT2D eigenvalue weighted by molar-refractivity contribution is 5.86. The third-order valence-corrected chi connectivity index (χ3v) is 2.22. The van der Waals surface area contributed by atoms with E-state index >= 15 is 0 Å². The average molecular weight is 273 g/mol. The van der Waals surface area contributed by atoms with E-state index in [0.29, 0.717) is 0 Å². The first-order chi connectivity index (χ1) is 8.81. The Morgan fingerprint density at radius 2 is 2.16 bits per heavy atom. The molecule has 0 saturated carbocycles. The molecule has 1 N–H and O–H groups in total. The summed E-state index contributed by atoms with van der Waals surface area (Å²) in [7, 11) is 0. The van der Waals surface area contributed by atoms with E-state index in [1.54, 1.807) is 0 Å². The maximum atomic E-state index is 12.2. The van der Waals surface area contributed by atoms with Gasteiger partial charge < -0.3 is 9.84 Å². The van der Waals surface area contributed by atoms with Crippen molar-refractivity contribution in [3.63, 3.8) is 0 Å². The summed E-state index contributed by atoms with van der Waals surface area (Å²) < 4.78 is 28.5. The van der Waals surface area contributed by atoms with E-state index in [9.17, 15) is 23.7 Å². The predicted molar refractivity (Wildman–Crippen MR) is 61.1 cm³/mol. The van der Waals surface area contributed by atoms with Gasteiger partial charge in [-0.25, -0.2) is 4.79 Å². The van der Waals surface area contributed by atoms with Gasteiger partial charge in [0, 0.05) is 12.1 Å². The molecule has 0 heterocycles. The molecule has 19 heavy (non-hydrogen) atoms. The Morgan fingerprint density at radius 1 is 1.53 bits per heavy atom. The number of hydrogen-bond acceptors (Lipinski definition) is 4. The lowest BCUT2D eigenvalue weighted by molar-refractivity contribution is -0.385. The summed E-state index contributed by atoms with van der Waals surface area (Å²) in [6, 6.07) is 1.94. The summed E-state index contributed by atoms with van der Waals surface area (Å²) in [6.45, 7) is -1.74. The molecule has 0 bridgehead atoms. The lowest BCUT2D eigenvalue weighted by Crippen LogP contribution is -2.05. The van der Waals surface area contributed by atoms with Crippen molar-refractivity contribution in [2.45, 2.75) is 13.5 Å². The first-order valence-corrected chi connectivity index (χ1v) is 4.96. The molecule has 0 unspecified atom stereocenters. The van der Waals surface area contributed by atoms with Crippen LogP contribution in [0.3, 0.4) is 0 Å². The third kappa shape index (κ3) is 4.02. The average Bonchev–Trinajstić information content (AvgIpc) is 2.29. The molecule has 8 heteroatoms. The Morgan fingerprint density at radius 3 is 2.63 bits per heavy atom. The minimum absolute atomic E-state index is 0.118. The van der Waals surface area contributed by atoms with Crippen LogP contribution in [0.4, 0.5) is 14.5 Å². The number of rotatable bonds is 5. The van der Waals surface area contributed by atoms with Gasteiger partial charge in [-0.05, 0) is 24.1 Å². The fraction of sp³-hybridized carbons (Fsp3) is 0.182. The number of aliphatic carboxylic acids is 1. The minimum atomic E-state index is -3.13. The molecule has 0 radical (unpaired) electrons. The van der Waals surface area contributed by atoms with Crippen molar-refractivity contribution < 1.29 is 28.3 Å². The molecule has 0 aliphatic heterocycles. The van der Waals surface area contributed by atoms with E-state index in [0.717, 1.165) is 24.3 Å². The van der Waals surface area contributed by atoms with Gasteiger partial charge in [0.25, 0.3) is 5.69 Å². The molecule has 0 amide bonds. The van der Waals surface area contributed by atoms with E-state index in [-0.39, 0.29) is 16.9 Å². The minimum Gasteiger partial charge on any atom is -0.478 e. The van der Waals surface area contributed by atoms with Gasteiger partial charge in [-0.15, -0.1) is 0 Å². The van der Waals surface area contributed by atoms with E-state index < -0.39 is 23.2 Å². The number of non-ortho nitro benzene ring substituents is 1. The second kappa shape index (κ2) is 5.89. The van der Waals surface area contributed by atoms with E-state index in [1.165, 1.54) is 6.92 Å². The molecular weight excluding hydrogens is 264 g/mol. The van der Waals surface area contributed by atoms with Crippen molar-refractivity contribution in [3.8, 4) is 5.75 Å². The molecule has 6 nitrogen and oxygen atoms in total. The number of carbonyl (C=O) groups is 1. The Hall–Kier alpha value is -2.51. The van der Waals surface area contributed by atoms with Crippen molar-refractivity contribution >= 4 is 17.7 Å². The Kier molecular flexibility index (Phi) is 4.51. The molecule has 1 rings (SSSR count). The number of benzene rings is 1. The van der Waals surface area contributed by atoms with Crippen molar-refractivity contribution in [2.75, 3.05) is 0 Å². The Labute approximate surface area is 106 Å². The smallest absolute Gasteiger partial charge is 0.387 e. The van der Waals surface area contributed by atoms with Crippen LogP contribution < -0.4 is 4.74 Å². The SMILES string of the molecule is Cc1c(/C=C/C(=O)O)cc([N+](=O)[O-])cc1OC(F)F. The van der Waals surface area contributed by atoms with Gasteiger partial charge in [-0.1, -0.05) is 0 Å². The molecule has 1 aromatic rings. The first-order valence-electron chi connectivity index (χ1n) is 4.96. The van der Waals surface area contributed by atoms with E-state index in [2.05, 4.69) is 4.74 Å². The summed E-state index contributed by atoms with van der Waals surface area (Å²) in [4.78, 5) is 20.3. The number of ether oxygens (including phenoxy) is 1. The number of nitrogens with zero attached hydrogens (tertiary/aromatic N) is 1. The fourth-order valence-corrected chi connectivity index (χ4v) is 1.35. The molecule has 0 atom stereocenters. The van der Waals surface area contributed by atoms with E-state index in [1.807, 2.05) is 0 Å². The largest absolute Gasteiger partial charge is 0.478 e. The molecule has 0 fully saturated rings. The molecule has 102 valence electrons. The summed E-state index contributed by atoms with van der Waals surface area (Å²) in [5.41, 5.74) is -0.165. The predicted octanol–water partition coefficient (Wildman–Crippen LogP) is 2.60. The molecule has 1 aromatic carbocycles. The van der Waals surface area contributed by atoms with Crippen molar-refractivity contribution in [3.05, 3.63) is 39.4 Å². The molecule has 0 aliphatic carbocycles. The van der Waals surface area contributed by atoms with Crippen molar-refractivity contribution in [1.82, 2.24) is 0 Å². The number of hydrogen-bond donors (Lipinski definition) is 1. The molecular formula is C11H9F2NO5. The number of halogens is 2. The monoisotopic (exact) mass is 273 g/mol. The van der Waals surface area contributed by atoms with Gasteiger partial charge in [0.1, 0.15) is 5.75 Å². The molecule has 0 spiro atoms. The Balaban J connectivity index is 3.32. The Bertz CT molecular complexity index is 542. The zero-order valence-electron chi connectivity index (χ0n) is 9.67. The molecule has 0 saturated heterocycles. The van der Waals surface area contributed by atoms with Crippen LogP contribution in [0.2, 0.25) is 0 Å². The standard InChI is InChI=1S/C11H9F2NO5/c1-6-7(2-3-10(15)16)4-8(14(17)18)5-9(6)19-11(12)13/h2-5,11H,1H3,(H,15,16)/b3-2+. The van der Waals surface area contributed by atoms with Crippen molar-refractivity contribution in [2.24, 2.45) is 0 Å². The van der Waals surface area contributed by atoms with Gasteiger partial charge in [0.2, 0.25) is 0 Å². The number of nitro groups is 1. The van der Waals surface area contributed by atoms with Crippen LogP contribution in [0.25, 0.3) is 6.08 Å². The molecule has 0 aliphatic rings. The highest BCUT2D eigenvalue weighted by Gasteiger charge is 2.16. The lowest BCUT2D eigenvalue weighted by Gasteiger charge is -2.10. The number of nitro benzene ring substituents is 1. The molecule has 0 aromatic heterocycles. The second-order valence-corrected chi connectivity index (χ2v) is 3.47. The van der Waals surface area contributed by atoms with Crippen LogP contribution in [0.1, 0.15) is 11.1 Å². The van der Waals surface area contributed by atoms with Crippen LogP contribution in [-0.2, 0) is 4.79 Å². The lowest BCUT2D eigenvalue weighted by atomic mass is 10.1. The zero-order chi connectivity index (χ0) is 14.6. The third-order valence-electron chi connectivity index (χ3n) is 2.22. The fourth-order valence-electron chi connectivity index (χ4n) is 1.35. The first kappa shape index (κ1) is 14.6. The summed E-state index contributed by atoms with van der Waals surface area (Å²) in [5.74, 6) is -1.63. The summed E-state index contributed by atoms with van der Waals surface area (Å²) in [5, 5.41) is 19.1. The highest BCUT2D eigenvalue weighted by atomic mass is 19.3. The maximum Gasteiger partial charge on any atom is 0.387 e. The van der Waals surface area contributed by atoms with Crippen LogP contribution in [0, 0.1) is 17.0 Å². The number of carboxylic acid groups (broad SMARTS) is 1. The topological polar surface area (TPSA) is 89.7 Å². The van der Waals surface area contributed by atoms with Gasteiger partial charge in [-0.3, -0.25) is 10.1 Å². The summed E-state index contributed by atoms with van der Waals surface area (Å²) >= 11 is 0. The van der Waals surface area contributed by atoms with Gasteiger partial charge in [0.15, 0.2) is 0 Å². The second-order valence-electron chi connectivity index (χ2n) is 3.47. The van der Waals surface area contributed by atoms with Gasteiger partial charge in [-0.2, -0.15) is 8.78 Å². The summed E-state index contributed by atoms with van der Waals surface area (Å²) in [6.07, 6.45) is 1.82. The van der Waals surface area contributed by atoms with Crippen LogP contribution in [0.5, 0.6) is 5.75 Å². The van der Waals surface area contributed by atoms with Crippen LogP contribution >= 0.6 is 0 Å². The number of carboxylic acids is 1. The van der Waals surface area contributed by atoms with Crippen molar-refractivity contribution in [1.29, 1.82) is 0 Å².